The van der Waals surface area contributed by atoms with E-state index in [9.17, 15) is 0 Å². The first-order valence-electron chi connectivity index (χ1n) is 6.00. The predicted molar refractivity (Wildman–Crippen MR) is 57.5 cm³/mol. The van der Waals surface area contributed by atoms with Gasteiger partial charge in [-0.3, -0.25) is 4.90 Å². The van der Waals surface area contributed by atoms with Crippen molar-refractivity contribution in [1.29, 1.82) is 0 Å². The summed E-state index contributed by atoms with van der Waals surface area (Å²) in [7, 11) is 0. The molecule has 0 aromatic heterocycles. The number of nitrogens with one attached hydrogen (secondary N) is 1. The summed E-state index contributed by atoms with van der Waals surface area (Å²) in [6, 6.07) is 0. The molecule has 1 unspecified atom stereocenters. The molecule has 2 rings (SSSR count). The smallest absolute Gasteiger partial charge is 0.0702 e. The second kappa shape index (κ2) is 5.69. The summed E-state index contributed by atoms with van der Waals surface area (Å²) in [6.07, 6.45) is 5.71. The molecule has 0 amide bonds. The first-order chi connectivity index (χ1) is 6.95. The highest BCUT2D eigenvalue weighted by atomic mass is 16.5. The Kier molecular flexibility index (Phi) is 4.22. The van der Waals surface area contributed by atoms with Gasteiger partial charge in [-0.25, -0.2) is 0 Å². The quantitative estimate of drug-likeness (QED) is 0.712. The van der Waals surface area contributed by atoms with Crippen LogP contribution < -0.4 is 5.32 Å². The summed E-state index contributed by atoms with van der Waals surface area (Å²) in [6.45, 7) is 6.94. The van der Waals surface area contributed by atoms with E-state index in [4.69, 9.17) is 4.74 Å². The molecule has 1 N–H and O–H groups in total. The molecule has 2 saturated heterocycles. The summed E-state index contributed by atoms with van der Waals surface area (Å²) < 4.78 is 5.67. The van der Waals surface area contributed by atoms with Gasteiger partial charge in [0.2, 0.25) is 0 Å². The zero-order valence-electron chi connectivity index (χ0n) is 9.00. The van der Waals surface area contributed by atoms with E-state index in [0.717, 1.165) is 19.7 Å². The molecule has 0 aromatic carbocycles. The van der Waals surface area contributed by atoms with Crippen LogP contribution in [0, 0.1) is 0 Å². The molecule has 2 aliphatic heterocycles. The van der Waals surface area contributed by atoms with E-state index >= 15 is 0 Å². The minimum absolute atomic E-state index is 0.523. The largest absolute Gasteiger partial charge is 0.377 e. The summed E-state index contributed by atoms with van der Waals surface area (Å²) in [5.74, 6) is 0. The van der Waals surface area contributed by atoms with Crippen LogP contribution in [0.5, 0.6) is 0 Å². The summed E-state index contributed by atoms with van der Waals surface area (Å²) in [5.41, 5.74) is 0. The van der Waals surface area contributed by atoms with Crippen molar-refractivity contribution in [2.24, 2.45) is 0 Å². The van der Waals surface area contributed by atoms with E-state index in [0.29, 0.717) is 6.10 Å². The summed E-state index contributed by atoms with van der Waals surface area (Å²) in [4.78, 5) is 2.56. The highest BCUT2D eigenvalue weighted by molar-refractivity contribution is 4.72. The van der Waals surface area contributed by atoms with Crippen molar-refractivity contribution in [3.63, 3.8) is 0 Å². The van der Waals surface area contributed by atoms with Crippen molar-refractivity contribution < 1.29 is 4.74 Å². The lowest BCUT2D eigenvalue weighted by molar-refractivity contribution is 0.0715. The number of ether oxygens (including phenoxy) is 1. The van der Waals surface area contributed by atoms with Gasteiger partial charge < -0.3 is 10.1 Å². The standard InChI is InChI=1S/C11H22N2O/c1-2-7-13(8-6-12-5-1)10-11-4-3-9-14-11/h11-12H,1-10H2. The molecular formula is C11H22N2O. The van der Waals surface area contributed by atoms with Gasteiger partial charge >= 0.3 is 0 Å². The van der Waals surface area contributed by atoms with Crippen LogP contribution in [0.2, 0.25) is 0 Å². The van der Waals surface area contributed by atoms with Gasteiger partial charge in [-0.1, -0.05) is 0 Å². The Balaban J connectivity index is 1.70. The third-order valence-corrected chi connectivity index (χ3v) is 3.17. The fourth-order valence-corrected chi connectivity index (χ4v) is 2.32. The molecule has 0 aliphatic carbocycles. The lowest BCUT2D eigenvalue weighted by Crippen LogP contribution is -2.40. The summed E-state index contributed by atoms with van der Waals surface area (Å²) in [5, 5.41) is 3.46. The van der Waals surface area contributed by atoms with Crippen LogP contribution in [-0.2, 0) is 4.74 Å². The van der Waals surface area contributed by atoms with Crippen LogP contribution >= 0.6 is 0 Å². The van der Waals surface area contributed by atoms with Gasteiger partial charge in [0.1, 0.15) is 0 Å². The average molecular weight is 198 g/mol. The van der Waals surface area contributed by atoms with Gasteiger partial charge in [0.15, 0.2) is 0 Å². The number of hydrogen-bond acceptors (Lipinski definition) is 3. The van der Waals surface area contributed by atoms with E-state index in [1.165, 1.54) is 45.3 Å². The van der Waals surface area contributed by atoms with E-state index in [-0.39, 0.29) is 0 Å². The van der Waals surface area contributed by atoms with Crippen molar-refractivity contribution >= 4 is 0 Å². The first-order valence-corrected chi connectivity index (χ1v) is 6.00. The Labute approximate surface area is 86.8 Å². The van der Waals surface area contributed by atoms with E-state index < -0.39 is 0 Å². The van der Waals surface area contributed by atoms with Crippen molar-refractivity contribution in [3.8, 4) is 0 Å². The molecule has 2 aliphatic rings. The number of nitrogens with zero attached hydrogens (tertiary/aromatic N) is 1. The average Bonchev–Trinajstić information content (AvgIpc) is 2.62. The molecule has 82 valence electrons. The second-order valence-corrected chi connectivity index (χ2v) is 4.39. The van der Waals surface area contributed by atoms with E-state index in [1.54, 1.807) is 0 Å². The van der Waals surface area contributed by atoms with Crippen LogP contribution in [0.4, 0.5) is 0 Å². The Bertz CT molecular complexity index is 149. The fraction of sp³-hybridized carbons (Fsp3) is 1.00. The van der Waals surface area contributed by atoms with Gasteiger partial charge in [-0.2, -0.15) is 0 Å². The van der Waals surface area contributed by atoms with Crippen LogP contribution in [0.3, 0.4) is 0 Å². The van der Waals surface area contributed by atoms with E-state index in [1.807, 2.05) is 0 Å². The SMILES string of the molecule is C1CCN(CC2CCCO2)CCNC1. The van der Waals surface area contributed by atoms with Crippen LogP contribution in [0.25, 0.3) is 0 Å². The zero-order valence-corrected chi connectivity index (χ0v) is 9.00. The maximum atomic E-state index is 5.67. The van der Waals surface area contributed by atoms with Crippen LogP contribution in [0.1, 0.15) is 25.7 Å². The molecule has 0 aromatic rings. The topological polar surface area (TPSA) is 24.5 Å². The van der Waals surface area contributed by atoms with Crippen molar-refractivity contribution in [3.05, 3.63) is 0 Å². The lowest BCUT2D eigenvalue weighted by Gasteiger charge is -2.27. The Morgan fingerprint density at radius 1 is 1.14 bits per heavy atom. The Morgan fingerprint density at radius 2 is 2.14 bits per heavy atom. The van der Waals surface area contributed by atoms with Crippen LogP contribution in [0.15, 0.2) is 0 Å². The fourth-order valence-electron chi connectivity index (χ4n) is 2.32. The molecule has 2 fully saturated rings. The Morgan fingerprint density at radius 3 is 3.00 bits per heavy atom. The molecule has 14 heavy (non-hydrogen) atoms. The van der Waals surface area contributed by atoms with Gasteiger partial charge in [0.05, 0.1) is 6.10 Å². The molecule has 2 heterocycles. The highest BCUT2D eigenvalue weighted by Crippen LogP contribution is 2.13. The third-order valence-electron chi connectivity index (χ3n) is 3.17. The molecule has 3 heteroatoms. The number of hydrogen-bond donors (Lipinski definition) is 1. The van der Waals surface area contributed by atoms with Crippen molar-refractivity contribution in [2.75, 3.05) is 39.3 Å². The van der Waals surface area contributed by atoms with Crippen LogP contribution in [-0.4, -0.2) is 50.3 Å². The van der Waals surface area contributed by atoms with Gasteiger partial charge in [0.25, 0.3) is 0 Å². The monoisotopic (exact) mass is 198 g/mol. The zero-order chi connectivity index (χ0) is 9.64. The van der Waals surface area contributed by atoms with Gasteiger partial charge in [-0.05, 0) is 38.8 Å². The minimum atomic E-state index is 0.523. The number of rotatable bonds is 2. The maximum absolute atomic E-state index is 5.67. The summed E-state index contributed by atoms with van der Waals surface area (Å²) >= 11 is 0. The normalized spacial score (nSPS) is 31.3. The highest BCUT2D eigenvalue weighted by Gasteiger charge is 2.19. The molecule has 0 bridgehead atoms. The molecular weight excluding hydrogens is 176 g/mol. The first kappa shape index (κ1) is 10.4. The maximum Gasteiger partial charge on any atom is 0.0702 e. The van der Waals surface area contributed by atoms with Gasteiger partial charge in [0, 0.05) is 26.2 Å². The van der Waals surface area contributed by atoms with Gasteiger partial charge in [-0.15, -0.1) is 0 Å². The van der Waals surface area contributed by atoms with Crippen molar-refractivity contribution in [2.45, 2.75) is 31.8 Å². The van der Waals surface area contributed by atoms with E-state index in [2.05, 4.69) is 10.2 Å². The molecule has 3 nitrogen and oxygen atoms in total. The lowest BCUT2D eigenvalue weighted by atomic mass is 10.2. The minimum Gasteiger partial charge on any atom is -0.377 e. The molecule has 0 saturated carbocycles. The third kappa shape index (κ3) is 3.23. The molecule has 1 atom stereocenters. The molecule has 0 radical (unpaired) electrons. The van der Waals surface area contributed by atoms with Crippen molar-refractivity contribution in [1.82, 2.24) is 10.2 Å². The predicted octanol–water partition coefficient (Wildman–Crippen LogP) is 0.851. The second-order valence-electron chi connectivity index (χ2n) is 4.39. The Hall–Kier alpha value is -0.120. The molecule has 0 spiro atoms.